The lowest BCUT2D eigenvalue weighted by Gasteiger charge is -2.32. The van der Waals surface area contributed by atoms with Crippen LogP contribution in [0.3, 0.4) is 0 Å². The predicted molar refractivity (Wildman–Crippen MR) is 80.0 cm³/mol. The van der Waals surface area contributed by atoms with E-state index in [1.54, 1.807) is 18.2 Å². The maximum absolute atomic E-state index is 12.5. The Morgan fingerprint density at radius 3 is 2.50 bits per heavy atom. The maximum atomic E-state index is 12.5. The van der Waals surface area contributed by atoms with Crippen molar-refractivity contribution in [2.24, 2.45) is 0 Å². The normalized spacial score (nSPS) is 16.5. The van der Waals surface area contributed by atoms with Crippen molar-refractivity contribution in [3.63, 3.8) is 0 Å². The van der Waals surface area contributed by atoms with E-state index in [0.29, 0.717) is 17.0 Å². The van der Waals surface area contributed by atoms with E-state index in [0.717, 1.165) is 26.2 Å². The molecule has 1 fully saturated rings. The molecule has 0 unspecified atom stereocenters. The lowest BCUT2D eigenvalue weighted by atomic mass is 10.1. The van der Waals surface area contributed by atoms with Crippen LogP contribution in [-0.2, 0) is 0 Å². The van der Waals surface area contributed by atoms with Gasteiger partial charge < -0.3 is 20.3 Å². The van der Waals surface area contributed by atoms with Crippen LogP contribution in [0.1, 0.15) is 24.2 Å². The van der Waals surface area contributed by atoms with Crippen LogP contribution in [0.25, 0.3) is 0 Å². The van der Waals surface area contributed by atoms with Gasteiger partial charge in [0.1, 0.15) is 5.75 Å². The molecule has 1 saturated heterocycles. The minimum Gasteiger partial charge on any atom is -0.489 e. The van der Waals surface area contributed by atoms with Gasteiger partial charge in [0.05, 0.1) is 11.8 Å². The maximum Gasteiger partial charge on any atom is 0.254 e. The fourth-order valence-electron chi connectivity index (χ4n) is 2.22. The summed E-state index contributed by atoms with van der Waals surface area (Å²) in [7, 11) is 2.07. The topological polar surface area (TPSA) is 58.8 Å². The number of hydrogen-bond acceptors (Lipinski definition) is 4. The molecule has 2 rings (SSSR count). The number of benzene rings is 1. The molecule has 0 aliphatic carbocycles. The molecule has 0 bridgehead atoms. The number of piperazine rings is 1. The largest absolute Gasteiger partial charge is 0.489 e. The van der Waals surface area contributed by atoms with Crippen LogP contribution in [0.5, 0.6) is 5.75 Å². The van der Waals surface area contributed by atoms with Gasteiger partial charge in [-0.25, -0.2) is 0 Å². The van der Waals surface area contributed by atoms with E-state index in [2.05, 4.69) is 11.9 Å². The van der Waals surface area contributed by atoms with Gasteiger partial charge in [-0.15, -0.1) is 0 Å². The molecular formula is C15H23N3O2. The second kappa shape index (κ2) is 6.13. The molecule has 0 atom stereocenters. The van der Waals surface area contributed by atoms with Gasteiger partial charge in [0, 0.05) is 31.7 Å². The number of nitrogens with two attached hydrogens (primary N) is 1. The molecule has 0 radical (unpaired) electrons. The fraction of sp³-hybridized carbons (Fsp3) is 0.533. The Morgan fingerprint density at radius 2 is 1.90 bits per heavy atom. The fourth-order valence-corrected chi connectivity index (χ4v) is 2.22. The van der Waals surface area contributed by atoms with Crippen LogP contribution >= 0.6 is 0 Å². The number of nitrogen functional groups attached to an aromatic ring is 1. The summed E-state index contributed by atoms with van der Waals surface area (Å²) in [5.74, 6) is 0.631. The van der Waals surface area contributed by atoms with Crippen molar-refractivity contribution < 1.29 is 9.53 Å². The monoisotopic (exact) mass is 277 g/mol. The van der Waals surface area contributed by atoms with Crippen molar-refractivity contribution in [1.82, 2.24) is 9.80 Å². The number of amides is 1. The van der Waals surface area contributed by atoms with Crippen molar-refractivity contribution in [3.05, 3.63) is 23.8 Å². The van der Waals surface area contributed by atoms with Gasteiger partial charge in [-0.3, -0.25) is 4.79 Å². The van der Waals surface area contributed by atoms with Crippen LogP contribution < -0.4 is 10.5 Å². The molecule has 0 saturated carbocycles. The number of carbonyl (C=O) groups excluding carboxylic acids is 1. The van der Waals surface area contributed by atoms with E-state index in [4.69, 9.17) is 10.5 Å². The summed E-state index contributed by atoms with van der Waals surface area (Å²) in [6, 6.07) is 5.25. The first-order chi connectivity index (χ1) is 9.47. The summed E-state index contributed by atoms with van der Waals surface area (Å²) in [5.41, 5.74) is 7.08. The SMILES string of the molecule is CC(C)Oc1cc(C(=O)N2CCN(C)CC2)ccc1N. The molecule has 2 N–H and O–H groups in total. The van der Waals surface area contributed by atoms with Crippen LogP contribution in [0, 0.1) is 0 Å². The average molecular weight is 277 g/mol. The second-order valence-electron chi connectivity index (χ2n) is 5.51. The molecule has 1 amide bonds. The van der Waals surface area contributed by atoms with Gasteiger partial charge >= 0.3 is 0 Å². The molecule has 1 heterocycles. The Morgan fingerprint density at radius 1 is 1.25 bits per heavy atom. The third-order valence-corrected chi connectivity index (χ3v) is 3.41. The summed E-state index contributed by atoms with van der Waals surface area (Å²) in [6.45, 7) is 7.23. The average Bonchev–Trinajstić information content (AvgIpc) is 2.41. The summed E-state index contributed by atoms with van der Waals surface area (Å²) >= 11 is 0. The predicted octanol–water partition coefficient (Wildman–Crippen LogP) is 1.44. The molecule has 0 spiro atoms. The molecule has 1 aromatic rings. The van der Waals surface area contributed by atoms with E-state index < -0.39 is 0 Å². The molecule has 5 nitrogen and oxygen atoms in total. The summed E-state index contributed by atoms with van der Waals surface area (Å²) in [4.78, 5) is 16.6. The van der Waals surface area contributed by atoms with Gasteiger partial charge in [-0.2, -0.15) is 0 Å². The number of nitrogens with zero attached hydrogens (tertiary/aromatic N) is 2. The Balaban J connectivity index is 2.13. The number of hydrogen-bond donors (Lipinski definition) is 1. The zero-order valence-electron chi connectivity index (χ0n) is 12.4. The smallest absolute Gasteiger partial charge is 0.254 e. The van der Waals surface area contributed by atoms with Crippen molar-refractivity contribution in [2.75, 3.05) is 39.0 Å². The molecule has 110 valence electrons. The highest BCUT2D eigenvalue weighted by atomic mass is 16.5. The van der Waals surface area contributed by atoms with E-state index in [9.17, 15) is 4.79 Å². The number of rotatable bonds is 3. The Hall–Kier alpha value is -1.75. The summed E-state index contributed by atoms with van der Waals surface area (Å²) in [6.07, 6.45) is 0.0336. The van der Waals surface area contributed by atoms with E-state index in [1.807, 2.05) is 18.7 Å². The molecule has 1 aromatic carbocycles. The molecule has 5 heteroatoms. The Kier molecular flexibility index (Phi) is 4.49. The third kappa shape index (κ3) is 3.42. The standard InChI is InChI=1S/C15H23N3O2/c1-11(2)20-14-10-12(4-5-13(14)16)15(19)18-8-6-17(3)7-9-18/h4-5,10-11H,6-9,16H2,1-3H3. The van der Waals surface area contributed by atoms with Crippen LogP contribution in [0.15, 0.2) is 18.2 Å². The van der Waals surface area contributed by atoms with Gasteiger partial charge in [0.25, 0.3) is 5.91 Å². The molecule has 0 aromatic heterocycles. The van der Waals surface area contributed by atoms with Crippen molar-refractivity contribution in [1.29, 1.82) is 0 Å². The highest BCUT2D eigenvalue weighted by Crippen LogP contribution is 2.24. The highest BCUT2D eigenvalue weighted by molar-refractivity contribution is 5.95. The lowest BCUT2D eigenvalue weighted by molar-refractivity contribution is 0.0663. The minimum absolute atomic E-state index is 0.0336. The third-order valence-electron chi connectivity index (χ3n) is 3.41. The first kappa shape index (κ1) is 14.7. The molecule has 20 heavy (non-hydrogen) atoms. The molecule has 1 aliphatic rings. The van der Waals surface area contributed by atoms with Crippen LogP contribution in [0.2, 0.25) is 0 Å². The lowest BCUT2D eigenvalue weighted by Crippen LogP contribution is -2.47. The van der Waals surface area contributed by atoms with E-state index >= 15 is 0 Å². The second-order valence-corrected chi connectivity index (χ2v) is 5.51. The van der Waals surface area contributed by atoms with Gasteiger partial charge in [-0.05, 0) is 39.1 Å². The van der Waals surface area contributed by atoms with Crippen molar-refractivity contribution in [2.45, 2.75) is 20.0 Å². The minimum atomic E-state index is 0.0336. The molecule has 1 aliphatic heterocycles. The quantitative estimate of drug-likeness (QED) is 0.849. The number of ether oxygens (including phenoxy) is 1. The first-order valence-corrected chi connectivity index (χ1v) is 7.01. The summed E-state index contributed by atoms with van der Waals surface area (Å²) in [5, 5.41) is 0. The van der Waals surface area contributed by atoms with Gasteiger partial charge in [0.15, 0.2) is 0 Å². The van der Waals surface area contributed by atoms with Gasteiger partial charge in [0.2, 0.25) is 0 Å². The van der Waals surface area contributed by atoms with Crippen molar-refractivity contribution in [3.8, 4) is 5.75 Å². The first-order valence-electron chi connectivity index (χ1n) is 7.01. The zero-order chi connectivity index (χ0) is 14.7. The number of anilines is 1. The van der Waals surface area contributed by atoms with Crippen molar-refractivity contribution >= 4 is 11.6 Å². The number of likely N-dealkylation sites (N-methyl/N-ethyl adjacent to an activating group) is 1. The van der Waals surface area contributed by atoms with Crippen LogP contribution in [-0.4, -0.2) is 55.0 Å². The summed E-state index contributed by atoms with van der Waals surface area (Å²) < 4.78 is 5.64. The Labute approximate surface area is 120 Å². The highest BCUT2D eigenvalue weighted by Gasteiger charge is 2.21. The van der Waals surface area contributed by atoms with E-state index in [1.165, 1.54) is 0 Å². The van der Waals surface area contributed by atoms with Gasteiger partial charge in [-0.1, -0.05) is 0 Å². The number of carbonyl (C=O) groups is 1. The van der Waals surface area contributed by atoms with Crippen LogP contribution in [0.4, 0.5) is 5.69 Å². The Bertz CT molecular complexity index is 480. The molecular weight excluding hydrogens is 254 g/mol. The van der Waals surface area contributed by atoms with E-state index in [-0.39, 0.29) is 12.0 Å². The zero-order valence-corrected chi connectivity index (χ0v) is 12.4.